The first-order valence-electron chi connectivity index (χ1n) is 7.79. The molecule has 1 aliphatic carbocycles. The van der Waals surface area contributed by atoms with E-state index in [2.05, 4.69) is 70.6 Å². The van der Waals surface area contributed by atoms with Gasteiger partial charge in [0.2, 0.25) is 0 Å². The standard InChI is InChI=1S/C16H21Br3N2/c17-10-8-12(18)16(13(19)9-10)21-15-5-2-1-4-11(15)14-6-3-7-20-14/h8-9,11,14-15,20-21H,1-7H2. The van der Waals surface area contributed by atoms with Crippen molar-refractivity contribution in [1.82, 2.24) is 5.32 Å². The fraction of sp³-hybridized carbons (Fsp3) is 0.625. The molecule has 0 bridgehead atoms. The lowest BCUT2D eigenvalue weighted by Gasteiger charge is -2.37. The molecular formula is C16H21Br3N2. The molecule has 1 aromatic rings. The van der Waals surface area contributed by atoms with Crippen molar-refractivity contribution >= 4 is 53.5 Å². The van der Waals surface area contributed by atoms with E-state index in [0.29, 0.717) is 12.1 Å². The molecule has 1 aromatic carbocycles. The molecule has 3 atom stereocenters. The molecule has 5 heteroatoms. The summed E-state index contributed by atoms with van der Waals surface area (Å²) in [5.74, 6) is 0.753. The fourth-order valence-corrected chi connectivity index (χ4v) is 6.25. The molecule has 21 heavy (non-hydrogen) atoms. The van der Waals surface area contributed by atoms with Crippen LogP contribution in [0.15, 0.2) is 25.6 Å². The van der Waals surface area contributed by atoms with Crippen molar-refractivity contribution in [1.29, 1.82) is 0 Å². The van der Waals surface area contributed by atoms with Crippen molar-refractivity contribution < 1.29 is 0 Å². The van der Waals surface area contributed by atoms with Gasteiger partial charge in [-0.2, -0.15) is 0 Å². The Labute approximate surface area is 152 Å². The highest BCUT2D eigenvalue weighted by molar-refractivity contribution is 9.11. The maximum Gasteiger partial charge on any atom is 0.0632 e. The molecule has 1 heterocycles. The summed E-state index contributed by atoms with van der Waals surface area (Å²) < 4.78 is 3.32. The minimum Gasteiger partial charge on any atom is -0.380 e. The monoisotopic (exact) mass is 478 g/mol. The number of anilines is 1. The molecule has 2 nitrogen and oxygen atoms in total. The van der Waals surface area contributed by atoms with Gasteiger partial charge in [-0.3, -0.25) is 0 Å². The first-order chi connectivity index (χ1) is 10.1. The number of halogens is 3. The second kappa shape index (κ2) is 7.33. The zero-order chi connectivity index (χ0) is 14.8. The molecule has 3 unspecified atom stereocenters. The largest absolute Gasteiger partial charge is 0.380 e. The molecule has 0 aromatic heterocycles. The average molecular weight is 481 g/mol. The Morgan fingerprint density at radius 3 is 2.33 bits per heavy atom. The lowest BCUT2D eigenvalue weighted by Crippen LogP contribution is -2.43. The number of rotatable bonds is 3. The summed E-state index contributed by atoms with van der Waals surface area (Å²) >= 11 is 10.9. The molecule has 0 amide bonds. The van der Waals surface area contributed by atoms with Gasteiger partial charge in [0.15, 0.2) is 0 Å². The predicted octanol–water partition coefficient (Wildman–Crippen LogP) is 5.70. The first kappa shape index (κ1) is 16.3. The van der Waals surface area contributed by atoms with E-state index >= 15 is 0 Å². The molecule has 2 aliphatic rings. The summed E-state index contributed by atoms with van der Waals surface area (Å²) in [6.45, 7) is 1.19. The average Bonchev–Trinajstić information content (AvgIpc) is 2.97. The maximum absolute atomic E-state index is 3.82. The fourth-order valence-electron chi connectivity index (χ4n) is 3.76. The summed E-state index contributed by atoms with van der Waals surface area (Å²) in [5.41, 5.74) is 1.19. The highest BCUT2D eigenvalue weighted by Gasteiger charge is 2.33. The number of nitrogens with one attached hydrogen (secondary N) is 2. The van der Waals surface area contributed by atoms with Crippen molar-refractivity contribution in [2.75, 3.05) is 11.9 Å². The Morgan fingerprint density at radius 1 is 0.952 bits per heavy atom. The summed E-state index contributed by atoms with van der Waals surface area (Å²) in [6, 6.07) is 5.50. The van der Waals surface area contributed by atoms with E-state index < -0.39 is 0 Å². The van der Waals surface area contributed by atoms with Crippen LogP contribution in [0.3, 0.4) is 0 Å². The van der Waals surface area contributed by atoms with Gasteiger partial charge < -0.3 is 10.6 Å². The van der Waals surface area contributed by atoms with Gasteiger partial charge in [0.1, 0.15) is 0 Å². The van der Waals surface area contributed by atoms with Crippen molar-refractivity contribution in [3.63, 3.8) is 0 Å². The maximum atomic E-state index is 3.82. The third-order valence-corrected chi connectivity index (χ3v) is 6.48. The van der Waals surface area contributed by atoms with Crippen LogP contribution in [0.2, 0.25) is 0 Å². The lowest BCUT2D eigenvalue weighted by atomic mass is 9.79. The molecule has 1 aliphatic heterocycles. The highest BCUT2D eigenvalue weighted by Crippen LogP contribution is 2.38. The Balaban J connectivity index is 1.78. The van der Waals surface area contributed by atoms with Gasteiger partial charge in [-0.25, -0.2) is 0 Å². The summed E-state index contributed by atoms with van der Waals surface area (Å²) in [5, 5.41) is 7.53. The van der Waals surface area contributed by atoms with Gasteiger partial charge in [0.05, 0.1) is 5.69 Å². The van der Waals surface area contributed by atoms with Crippen LogP contribution in [0.4, 0.5) is 5.69 Å². The van der Waals surface area contributed by atoms with E-state index in [1.54, 1.807) is 0 Å². The third-order valence-electron chi connectivity index (χ3n) is 4.77. The smallest absolute Gasteiger partial charge is 0.0632 e. The Hall–Kier alpha value is 0.420. The van der Waals surface area contributed by atoms with Crippen LogP contribution in [-0.4, -0.2) is 18.6 Å². The number of benzene rings is 1. The number of hydrogen-bond donors (Lipinski definition) is 2. The van der Waals surface area contributed by atoms with Gasteiger partial charge in [0, 0.05) is 25.5 Å². The van der Waals surface area contributed by atoms with Crippen LogP contribution >= 0.6 is 47.8 Å². The van der Waals surface area contributed by atoms with Crippen LogP contribution in [0.5, 0.6) is 0 Å². The molecule has 0 spiro atoms. The third kappa shape index (κ3) is 3.85. The van der Waals surface area contributed by atoms with Crippen molar-refractivity contribution in [3.05, 3.63) is 25.6 Å². The predicted molar refractivity (Wildman–Crippen MR) is 99.9 cm³/mol. The number of hydrogen-bond acceptors (Lipinski definition) is 2. The quantitative estimate of drug-likeness (QED) is 0.580. The minimum atomic E-state index is 0.572. The zero-order valence-electron chi connectivity index (χ0n) is 12.0. The van der Waals surface area contributed by atoms with Crippen LogP contribution in [-0.2, 0) is 0 Å². The normalized spacial score (nSPS) is 29.6. The van der Waals surface area contributed by atoms with Crippen molar-refractivity contribution in [2.45, 2.75) is 50.6 Å². The van der Waals surface area contributed by atoms with E-state index in [9.17, 15) is 0 Å². The van der Waals surface area contributed by atoms with Crippen molar-refractivity contribution in [3.8, 4) is 0 Å². The van der Waals surface area contributed by atoms with Crippen LogP contribution in [0, 0.1) is 5.92 Å². The second-order valence-corrected chi connectivity index (χ2v) is 8.77. The molecule has 1 saturated carbocycles. The molecular weight excluding hydrogens is 460 g/mol. The Bertz CT molecular complexity index is 477. The zero-order valence-corrected chi connectivity index (χ0v) is 16.7. The highest BCUT2D eigenvalue weighted by atomic mass is 79.9. The SMILES string of the molecule is Brc1cc(Br)c(NC2CCCCC2C2CCCN2)c(Br)c1. The minimum absolute atomic E-state index is 0.572. The van der Waals surface area contributed by atoms with Gasteiger partial charge in [0.25, 0.3) is 0 Å². The van der Waals surface area contributed by atoms with Gasteiger partial charge >= 0.3 is 0 Å². The van der Waals surface area contributed by atoms with Gasteiger partial charge in [-0.1, -0.05) is 28.8 Å². The van der Waals surface area contributed by atoms with Crippen LogP contribution < -0.4 is 10.6 Å². The lowest BCUT2D eigenvalue weighted by molar-refractivity contribution is 0.262. The molecule has 2 fully saturated rings. The van der Waals surface area contributed by atoms with Crippen molar-refractivity contribution in [2.24, 2.45) is 5.92 Å². The van der Waals surface area contributed by atoms with E-state index in [1.165, 1.54) is 50.8 Å². The van der Waals surface area contributed by atoms with Gasteiger partial charge in [-0.15, -0.1) is 0 Å². The van der Waals surface area contributed by atoms with E-state index in [1.807, 2.05) is 0 Å². The Morgan fingerprint density at radius 2 is 1.67 bits per heavy atom. The molecule has 2 N–H and O–H groups in total. The molecule has 116 valence electrons. The van der Waals surface area contributed by atoms with E-state index in [4.69, 9.17) is 0 Å². The summed E-state index contributed by atoms with van der Waals surface area (Å²) in [7, 11) is 0. The molecule has 3 rings (SSSR count). The summed E-state index contributed by atoms with van der Waals surface area (Å²) in [4.78, 5) is 0. The topological polar surface area (TPSA) is 24.1 Å². The second-order valence-electron chi connectivity index (χ2n) is 6.15. The van der Waals surface area contributed by atoms with E-state index in [-0.39, 0.29) is 0 Å². The van der Waals surface area contributed by atoms with E-state index in [0.717, 1.165) is 19.3 Å². The Kier molecular flexibility index (Phi) is 5.68. The van der Waals surface area contributed by atoms with Crippen LogP contribution in [0.25, 0.3) is 0 Å². The first-order valence-corrected chi connectivity index (χ1v) is 10.2. The molecule has 0 radical (unpaired) electrons. The van der Waals surface area contributed by atoms with Gasteiger partial charge in [-0.05, 0) is 82.1 Å². The summed E-state index contributed by atoms with van der Waals surface area (Å²) in [6.07, 6.45) is 8.01. The molecule has 1 saturated heterocycles. The van der Waals surface area contributed by atoms with Crippen LogP contribution in [0.1, 0.15) is 38.5 Å².